The highest BCUT2D eigenvalue weighted by Gasteiger charge is 2.21. The van der Waals surface area contributed by atoms with Gasteiger partial charge in [0.15, 0.2) is 0 Å². The van der Waals surface area contributed by atoms with Crippen molar-refractivity contribution in [2.24, 2.45) is 0 Å². The normalized spacial score (nSPS) is 10.6. The predicted octanol–water partition coefficient (Wildman–Crippen LogP) is -1.93. The van der Waals surface area contributed by atoms with Crippen molar-refractivity contribution in [3.05, 3.63) is 12.7 Å². The van der Waals surface area contributed by atoms with Crippen LogP contribution in [0.4, 0.5) is 14.4 Å². The Hall–Kier alpha value is -3.99. The molecule has 0 unspecified atom stereocenters. The number of methoxy groups -OCH3 is 1. The van der Waals surface area contributed by atoms with E-state index in [1.54, 1.807) is 32.6 Å². The van der Waals surface area contributed by atoms with Crippen molar-refractivity contribution >= 4 is 30.2 Å². The van der Waals surface area contributed by atoms with Gasteiger partial charge in [-0.2, -0.15) is 0 Å². The number of amides is 3. The Morgan fingerprint density at radius 2 is 0.735 bits per heavy atom. The van der Waals surface area contributed by atoms with E-state index in [0.717, 1.165) is 0 Å². The maximum Gasteiger partial charge on any atom is 0.410 e. The van der Waals surface area contributed by atoms with Gasteiger partial charge in [0.1, 0.15) is 17.8 Å². The van der Waals surface area contributed by atoms with Gasteiger partial charge in [0.25, 0.3) is 0 Å². The van der Waals surface area contributed by atoms with E-state index in [1.165, 1.54) is 27.9 Å². The van der Waals surface area contributed by atoms with Crippen LogP contribution in [-0.2, 0) is 33.3 Å². The van der Waals surface area contributed by atoms with Crippen LogP contribution in [0.3, 0.4) is 0 Å². The van der Waals surface area contributed by atoms with Crippen molar-refractivity contribution in [1.82, 2.24) is 24.5 Å². The molecule has 0 atom stereocenters. The molecule has 0 aromatic rings. The molecule has 0 aliphatic rings. The number of carbonyl (C=O) groups excluding carboxylic acids is 5. The predicted molar refractivity (Wildman–Crippen MR) is 250 cm³/mol. The second-order valence-electron chi connectivity index (χ2n) is 15.6. The van der Waals surface area contributed by atoms with Crippen LogP contribution >= 0.6 is 0 Å². The van der Waals surface area contributed by atoms with Gasteiger partial charge < -0.3 is 89.4 Å². The van der Waals surface area contributed by atoms with Crippen molar-refractivity contribution in [3.8, 4) is 0 Å². The summed E-state index contributed by atoms with van der Waals surface area (Å²) in [6.07, 6.45) is 0.450. The summed E-state index contributed by atoms with van der Waals surface area (Å²) in [6, 6.07) is 0. The molecule has 406 valence electrons. The average Bonchev–Trinajstić information content (AvgIpc) is 3.26. The number of ether oxygens (including phenoxy) is 5. The van der Waals surface area contributed by atoms with Crippen LogP contribution in [0.15, 0.2) is 12.7 Å². The highest BCUT2D eigenvalue weighted by molar-refractivity contribution is 5.70. The van der Waals surface area contributed by atoms with Gasteiger partial charge >= 0.3 is 30.2 Å². The number of aliphatic hydroxyl groups excluding tert-OH is 10. The van der Waals surface area contributed by atoms with Gasteiger partial charge in [0.05, 0.1) is 92.6 Å². The molecular weight excluding hydrogens is 906 g/mol. The third-order valence-corrected chi connectivity index (χ3v) is 7.56. The summed E-state index contributed by atoms with van der Waals surface area (Å²) in [4.78, 5) is 63.1. The summed E-state index contributed by atoms with van der Waals surface area (Å²) in [6.45, 7) is 19.5. The smallest absolute Gasteiger partial charge is 0.410 e. The van der Waals surface area contributed by atoms with Gasteiger partial charge in [-0.15, -0.1) is 0 Å². The first kappa shape index (κ1) is 73.0. The first-order valence-electron chi connectivity index (χ1n) is 22.3. The Morgan fingerprint density at radius 1 is 0.441 bits per heavy atom. The van der Waals surface area contributed by atoms with E-state index in [-0.39, 0.29) is 137 Å². The molecule has 0 aromatic carbocycles. The Bertz CT molecular complexity index is 1200. The van der Waals surface area contributed by atoms with E-state index in [1.807, 2.05) is 25.7 Å². The molecule has 0 saturated carbocycles. The first-order chi connectivity index (χ1) is 32.0. The molecule has 0 aliphatic carbocycles. The number of esters is 2. The van der Waals surface area contributed by atoms with Gasteiger partial charge in [-0.3, -0.25) is 19.4 Å². The van der Waals surface area contributed by atoms with Crippen molar-refractivity contribution in [3.63, 3.8) is 0 Å². The zero-order valence-electron chi connectivity index (χ0n) is 42.0. The minimum Gasteiger partial charge on any atom is -0.469 e. The number of hydrogen-bond donors (Lipinski definition) is 10. The van der Waals surface area contributed by atoms with E-state index < -0.39 is 29.5 Å². The fourth-order valence-electron chi connectivity index (χ4n) is 4.60. The summed E-state index contributed by atoms with van der Waals surface area (Å²) in [5.41, 5.74) is -1.02. The van der Waals surface area contributed by atoms with E-state index in [9.17, 15) is 24.0 Å². The first-order valence-corrected chi connectivity index (χ1v) is 22.3. The van der Waals surface area contributed by atoms with E-state index in [0.29, 0.717) is 45.9 Å². The summed E-state index contributed by atoms with van der Waals surface area (Å²) in [5.74, 6) is -0.533. The molecule has 0 fully saturated rings. The van der Waals surface area contributed by atoms with E-state index >= 15 is 0 Å². The molecule has 0 aromatic heterocycles. The molecule has 0 rings (SSSR count). The second-order valence-corrected chi connectivity index (χ2v) is 15.6. The molecule has 0 spiro atoms. The molecule has 25 heteroatoms. The molecule has 68 heavy (non-hydrogen) atoms. The Labute approximate surface area is 403 Å². The lowest BCUT2D eigenvalue weighted by Gasteiger charge is -2.26. The lowest BCUT2D eigenvalue weighted by molar-refractivity contribution is -0.155. The van der Waals surface area contributed by atoms with Gasteiger partial charge in [-0.25, -0.2) is 14.4 Å². The third-order valence-electron chi connectivity index (χ3n) is 7.56. The van der Waals surface area contributed by atoms with Gasteiger partial charge in [-0.1, -0.05) is 12.7 Å². The molecule has 10 N–H and O–H groups in total. The van der Waals surface area contributed by atoms with Gasteiger partial charge in [-0.05, 0) is 48.5 Å². The van der Waals surface area contributed by atoms with Crippen LogP contribution in [0.25, 0.3) is 0 Å². The van der Waals surface area contributed by atoms with Gasteiger partial charge in [0.2, 0.25) is 0 Å². The van der Waals surface area contributed by atoms with Crippen LogP contribution < -0.4 is 0 Å². The van der Waals surface area contributed by atoms with E-state index in [4.69, 9.17) is 65.3 Å². The number of aliphatic hydroxyl groups is 10. The molecule has 0 radical (unpaired) electrons. The molecule has 0 saturated heterocycles. The van der Waals surface area contributed by atoms with Crippen LogP contribution in [0.2, 0.25) is 0 Å². The van der Waals surface area contributed by atoms with Crippen LogP contribution in [0.5, 0.6) is 0 Å². The summed E-state index contributed by atoms with van der Waals surface area (Å²) < 4.78 is 24.1. The van der Waals surface area contributed by atoms with Crippen molar-refractivity contribution in [1.29, 1.82) is 0 Å². The largest absolute Gasteiger partial charge is 0.469 e. The average molecular weight is 996 g/mol. The number of rotatable bonds is 29. The zero-order valence-corrected chi connectivity index (χ0v) is 42.0. The fourth-order valence-corrected chi connectivity index (χ4v) is 4.60. The molecule has 0 aliphatic heterocycles. The molecule has 0 heterocycles. The maximum atomic E-state index is 11.4. The minimum atomic E-state index is -0.555. The monoisotopic (exact) mass is 996 g/mol. The third kappa shape index (κ3) is 51.4. The standard InChI is InChI=1S/C11H23NO4.C9H19NO4.C8H17NO4.C8H15NO4.C7H15NO4/c1-11(2,3)16-10(15)4-5-12(6-8-13)7-9-14;1-9(2,3)14-8(13)10(4-6-11)5-7-12;1-13-8(12)2-3-9(4-6-10)5-7-11;1-2-7-13-8(12)9(3-5-10)4-6-11;1-2-12-7(11)8(3-5-9)4-6-10/h13-14H,4-9H2,1-3H3;11-12H,4-7H2,1-3H3;10-11H,2-7H2,1H3;2,10-11H,1,3-7H2;9-10H,2-6H2,1H3. The molecule has 25 nitrogen and oxygen atoms in total. The lowest BCUT2D eigenvalue weighted by Crippen LogP contribution is -2.39. The molecular formula is C43H89N5O20. The van der Waals surface area contributed by atoms with Crippen molar-refractivity contribution in [2.75, 3.05) is 165 Å². The number of carbonyl (C=O) groups is 5. The van der Waals surface area contributed by atoms with Crippen LogP contribution in [-0.4, -0.2) is 282 Å². The van der Waals surface area contributed by atoms with Gasteiger partial charge in [0, 0.05) is 78.5 Å². The Morgan fingerprint density at radius 3 is 1.00 bits per heavy atom. The zero-order chi connectivity index (χ0) is 53.4. The summed E-state index contributed by atoms with van der Waals surface area (Å²) in [7, 11) is 1.34. The quantitative estimate of drug-likeness (QED) is 0.0222. The Balaban J connectivity index is -0.000000244. The number of nitrogens with zero attached hydrogens (tertiary/aromatic N) is 5. The topological polar surface area (TPSA) is 350 Å². The Kier molecular flexibility index (Phi) is 53.1. The number of hydrogen-bond acceptors (Lipinski definition) is 22. The summed E-state index contributed by atoms with van der Waals surface area (Å²) in [5, 5.41) is 86.5. The summed E-state index contributed by atoms with van der Waals surface area (Å²) >= 11 is 0. The second kappa shape index (κ2) is 49.4. The van der Waals surface area contributed by atoms with Crippen molar-refractivity contribution in [2.45, 2.75) is 72.5 Å². The van der Waals surface area contributed by atoms with Crippen molar-refractivity contribution < 1.29 is 98.7 Å². The van der Waals surface area contributed by atoms with Crippen LogP contribution in [0.1, 0.15) is 61.3 Å². The van der Waals surface area contributed by atoms with Crippen LogP contribution in [0, 0.1) is 0 Å². The SMILES string of the molecule is C=CCOC(=O)N(CCO)CCO.CC(C)(C)OC(=O)CCN(CCO)CCO.CC(C)(C)OC(=O)N(CCO)CCO.CCOC(=O)N(CCO)CCO.COC(=O)CCN(CCO)CCO. The van der Waals surface area contributed by atoms with E-state index in [2.05, 4.69) is 16.1 Å². The molecule has 0 bridgehead atoms. The molecule has 3 amide bonds. The highest BCUT2D eigenvalue weighted by atomic mass is 16.6. The maximum absolute atomic E-state index is 11.4. The minimum absolute atomic E-state index is 0.0221. The highest BCUT2D eigenvalue weighted by Crippen LogP contribution is 2.10. The fraction of sp³-hybridized carbons (Fsp3) is 0.837. The lowest BCUT2D eigenvalue weighted by atomic mass is 10.2.